The van der Waals surface area contributed by atoms with Crippen LogP contribution >= 0.6 is 24.0 Å². The number of hydrogen-bond donors (Lipinski definition) is 2. The van der Waals surface area contributed by atoms with E-state index in [1.165, 1.54) is 0 Å². The maximum Gasteiger partial charge on any atom is 0.213 e. The van der Waals surface area contributed by atoms with E-state index in [0.717, 1.165) is 44.1 Å². The highest BCUT2D eigenvalue weighted by molar-refractivity contribution is 14.0. The minimum absolute atomic E-state index is 0. The summed E-state index contributed by atoms with van der Waals surface area (Å²) in [5.74, 6) is 2.08. The number of nitrogens with zero attached hydrogens (tertiary/aromatic N) is 2. The first-order valence-electron chi connectivity index (χ1n) is 9.17. The molecule has 0 saturated heterocycles. The molecular weight excluding hydrogens is 443 g/mol. The van der Waals surface area contributed by atoms with Gasteiger partial charge in [0.1, 0.15) is 0 Å². The Hall–Kier alpha value is -1.09. The van der Waals surface area contributed by atoms with Crippen LogP contribution < -0.4 is 15.4 Å². The van der Waals surface area contributed by atoms with Gasteiger partial charge in [-0.15, -0.1) is 24.0 Å². The van der Waals surface area contributed by atoms with Crippen molar-refractivity contribution in [2.24, 2.45) is 10.9 Å². The Kier molecular flexibility index (Phi) is 14.4. The van der Waals surface area contributed by atoms with Crippen molar-refractivity contribution in [2.75, 3.05) is 26.8 Å². The lowest BCUT2D eigenvalue weighted by molar-refractivity contribution is 0.185. The third-order valence-corrected chi connectivity index (χ3v) is 3.51. The molecule has 0 fully saturated rings. The van der Waals surface area contributed by atoms with Gasteiger partial charge < -0.3 is 20.1 Å². The summed E-state index contributed by atoms with van der Waals surface area (Å²) in [6.07, 6.45) is 3.90. The van der Waals surface area contributed by atoms with Crippen LogP contribution in [-0.2, 0) is 11.3 Å². The molecule has 1 aromatic rings. The lowest BCUT2D eigenvalue weighted by Gasteiger charge is -2.16. The number of nitrogens with one attached hydrogen (secondary N) is 2. The van der Waals surface area contributed by atoms with E-state index in [0.29, 0.717) is 18.3 Å². The summed E-state index contributed by atoms with van der Waals surface area (Å²) < 4.78 is 11.0. The van der Waals surface area contributed by atoms with Gasteiger partial charge in [0.25, 0.3) is 0 Å². The standard InChI is InChI=1S/C19H34N4O2.HI/c1-6-20-19(22-9-7-11-24-5)23-14-17-8-10-21-18(13-17)25-16(4)12-15(2)3;/h8,10,13,15-16H,6-7,9,11-12,14H2,1-5H3,(H2,20,22,23);1H. The molecule has 1 rings (SSSR count). The number of guanidine groups is 1. The van der Waals surface area contributed by atoms with Crippen molar-refractivity contribution in [3.8, 4) is 5.88 Å². The number of aromatic nitrogens is 1. The van der Waals surface area contributed by atoms with Gasteiger partial charge in [0.15, 0.2) is 5.96 Å². The minimum atomic E-state index is 0. The number of methoxy groups -OCH3 is 1. The maximum absolute atomic E-state index is 5.91. The van der Waals surface area contributed by atoms with Crippen molar-refractivity contribution in [1.29, 1.82) is 0 Å². The fourth-order valence-corrected chi connectivity index (χ4v) is 2.47. The van der Waals surface area contributed by atoms with Crippen molar-refractivity contribution in [3.05, 3.63) is 23.9 Å². The topological polar surface area (TPSA) is 67.8 Å². The Labute approximate surface area is 175 Å². The molecule has 0 amide bonds. The summed E-state index contributed by atoms with van der Waals surface area (Å²) in [6.45, 7) is 11.5. The molecule has 1 atom stereocenters. The highest BCUT2D eigenvalue weighted by atomic mass is 127. The second-order valence-electron chi connectivity index (χ2n) is 6.53. The van der Waals surface area contributed by atoms with Crippen molar-refractivity contribution in [3.63, 3.8) is 0 Å². The van der Waals surface area contributed by atoms with Crippen LogP contribution in [0.2, 0.25) is 0 Å². The summed E-state index contributed by atoms with van der Waals surface area (Å²) in [6, 6.07) is 3.94. The van der Waals surface area contributed by atoms with E-state index >= 15 is 0 Å². The molecule has 26 heavy (non-hydrogen) atoms. The third-order valence-electron chi connectivity index (χ3n) is 3.51. The zero-order chi connectivity index (χ0) is 18.5. The molecule has 0 radical (unpaired) electrons. The van der Waals surface area contributed by atoms with Gasteiger partial charge in [-0.25, -0.2) is 9.98 Å². The summed E-state index contributed by atoms with van der Waals surface area (Å²) >= 11 is 0. The molecule has 0 aliphatic heterocycles. The number of halogens is 1. The average Bonchev–Trinajstić information content (AvgIpc) is 2.56. The quantitative estimate of drug-likeness (QED) is 0.220. The molecule has 2 N–H and O–H groups in total. The van der Waals surface area contributed by atoms with Crippen LogP contribution in [0, 0.1) is 5.92 Å². The number of ether oxygens (including phenoxy) is 2. The van der Waals surface area contributed by atoms with Gasteiger partial charge in [0.2, 0.25) is 5.88 Å². The highest BCUT2D eigenvalue weighted by Crippen LogP contribution is 2.15. The zero-order valence-corrected chi connectivity index (χ0v) is 19.1. The van der Waals surface area contributed by atoms with E-state index in [9.17, 15) is 0 Å². The summed E-state index contributed by atoms with van der Waals surface area (Å²) in [7, 11) is 1.71. The van der Waals surface area contributed by atoms with Crippen molar-refractivity contribution in [1.82, 2.24) is 15.6 Å². The van der Waals surface area contributed by atoms with Gasteiger partial charge in [-0.1, -0.05) is 13.8 Å². The van der Waals surface area contributed by atoms with Crippen LogP contribution in [0.15, 0.2) is 23.3 Å². The first-order valence-corrected chi connectivity index (χ1v) is 9.17. The van der Waals surface area contributed by atoms with Crippen molar-refractivity contribution in [2.45, 2.75) is 53.2 Å². The Balaban J connectivity index is 0.00000625. The van der Waals surface area contributed by atoms with E-state index in [1.54, 1.807) is 13.3 Å². The van der Waals surface area contributed by atoms with E-state index < -0.39 is 0 Å². The van der Waals surface area contributed by atoms with Crippen LogP contribution in [-0.4, -0.2) is 43.9 Å². The summed E-state index contributed by atoms with van der Waals surface area (Å²) in [5, 5.41) is 6.56. The smallest absolute Gasteiger partial charge is 0.213 e. The van der Waals surface area contributed by atoms with E-state index in [2.05, 4.69) is 48.3 Å². The number of rotatable bonds is 11. The van der Waals surface area contributed by atoms with E-state index in [-0.39, 0.29) is 30.1 Å². The SMILES string of the molecule is CCNC(=NCc1ccnc(OC(C)CC(C)C)c1)NCCCOC.I. The van der Waals surface area contributed by atoms with E-state index in [1.807, 2.05) is 12.1 Å². The molecule has 150 valence electrons. The fourth-order valence-electron chi connectivity index (χ4n) is 2.47. The molecule has 0 spiro atoms. The summed E-state index contributed by atoms with van der Waals surface area (Å²) in [4.78, 5) is 8.92. The highest BCUT2D eigenvalue weighted by Gasteiger charge is 2.08. The Morgan fingerprint density at radius 1 is 1.27 bits per heavy atom. The molecule has 0 saturated carbocycles. The van der Waals surface area contributed by atoms with Crippen LogP contribution in [0.5, 0.6) is 5.88 Å². The Morgan fingerprint density at radius 3 is 2.69 bits per heavy atom. The lowest BCUT2D eigenvalue weighted by atomic mass is 10.1. The molecule has 0 bridgehead atoms. The van der Waals surface area contributed by atoms with E-state index in [4.69, 9.17) is 9.47 Å². The largest absolute Gasteiger partial charge is 0.475 e. The predicted molar refractivity (Wildman–Crippen MR) is 119 cm³/mol. The van der Waals surface area contributed by atoms with Crippen molar-refractivity contribution >= 4 is 29.9 Å². The van der Waals surface area contributed by atoms with Gasteiger partial charge >= 0.3 is 0 Å². The van der Waals surface area contributed by atoms with Crippen LogP contribution in [0.4, 0.5) is 0 Å². The molecule has 0 aliphatic carbocycles. The zero-order valence-electron chi connectivity index (χ0n) is 16.7. The first-order chi connectivity index (χ1) is 12.0. The lowest BCUT2D eigenvalue weighted by Crippen LogP contribution is -2.38. The Bertz CT molecular complexity index is 512. The van der Waals surface area contributed by atoms with Crippen molar-refractivity contribution < 1.29 is 9.47 Å². The average molecular weight is 478 g/mol. The number of aliphatic imine (C=N–C) groups is 1. The Morgan fingerprint density at radius 2 is 2.04 bits per heavy atom. The van der Waals surface area contributed by atoms with Crippen LogP contribution in [0.1, 0.15) is 46.1 Å². The molecule has 1 heterocycles. The fraction of sp³-hybridized carbons (Fsp3) is 0.684. The van der Waals surface area contributed by atoms with Gasteiger partial charge in [-0.3, -0.25) is 0 Å². The maximum atomic E-state index is 5.91. The first kappa shape index (κ1) is 24.9. The molecule has 1 unspecified atom stereocenters. The molecule has 0 aromatic carbocycles. The molecule has 6 nitrogen and oxygen atoms in total. The molecular formula is C19H35IN4O2. The second-order valence-corrected chi connectivity index (χ2v) is 6.53. The number of hydrogen-bond acceptors (Lipinski definition) is 4. The molecule has 0 aliphatic rings. The molecule has 7 heteroatoms. The molecule has 1 aromatic heterocycles. The van der Waals surface area contributed by atoms with Gasteiger partial charge in [-0.2, -0.15) is 0 Å². The normalized spacial score (nSPS) is 12.5. The monoisotopic (exact) mass is 478 g/mol. The summed E-state index contributed by atoms with van der Waals surface area (Å²) in [5.41, 5.74) is 1.08. The number of pyridine rings is 1. The predicted octanol–water partition coefficient (Wildman–Crippen LogP) is 3.60. The van der Waals surface area contributed by atoms with Gasteiger partial charge in [0, 0.05) is 39.1 Å². The second kappa shape index (κ2) is 15.0. The van der Waals surface area contributed by atoms with Crippen LogP contribution in [0.25, 0.3) is 0 Å². The van der Waals surface area contributed by atoms with Crippen LogP contribution in [0.3, 0.4) is 0 Å². The van der Waals surface area contributed by atoms with Gasteiger partial charge in [0.05, 0.1) is 12.6 Å². The third kappa shape index (κ3) is 11.5. The minimum Gasteiger partial charge on any atom is -0.475 e. The van der Waals surface area contributed by atoms with Gasteiger partial charge in [-0.05, 0) is 44.2 Å².